The zero-order chi connectivity index (χ0) is 19.8. The van der Waals surface area contributed by atoms with E-state index in [4.69, 9.17) is 9.47 Å². The Hall–Kier alpha value is -3.28. The van der Waals surface area contributed by atoms with E-state index in [0.29, 0.717) is 23.6 Å². The number of carbonyl (C=O) groups is 2. The highest BCUT2D eigenvalue weighted by molar-refractivity contribution is 5.94. The normalized spacial score (nSPS) is 10.5. The zero-order valence-electron chi connectivity index (χ0n) is 16.0. The van der Waals surface area contributed by atoms with Gasteiger partial charge in [0.15, 0.2) is 0 Å². The summed E-state index contributed by atoms with van der Waals surface area (Å²) in [5.74, 6) is 1.05. The van der Waals surface area contributed by atoms with Crippen LogP contribution in [0.3, 0.4) is 0 Å². The van der Waals surface area contributed by atoms with Gasteiger partial charge in [-0.05, 0) is 41.5 Å². The summed E-state index contributed by atoms with van der Waals surface area (Å²) in [6, 6.07) is 12.6. The Kier molecular flexibility index (Phi) is 7.00. The van der Waals surface area contributed by atoms with Crippen LogP contribution in [0.2, 0.25) is 0 Å². The van der Waals surface area contributed by atoms with Crippen LogP contribution in [-0.2, 0) is 11.3 Å². The van der Waals surface area contributed by atoms with Gasteiger partial charge < -0.3 is 19.7 Å². The summed E-state index contributed by atoms with van der Waals surface area (Å²) >= 11 is 0. The van der Waals surface area contributed by atoms with E-state index in [9.17, 15) is 9.59 Å². The van der Waals surface area contributed by atoms with Crippen molar-refractivity contribution in [3.05, 3.63) is 65.2 Å². The first kappa shape index (κ1) is 20.0. The van der Waals surface area contributed by atoms with E-state index in [1.807, 2.05) is 24.3 Å². The SMILES string of the molecule is CNC(=O)c1ccc(CN(C)C(=O)/C=C/c2cc(OC)cc(OC)c2)cc1. The number of nitrogens with zero attached hydrogens (tertiary/aromatic N) is 1. The minimum atomic E-state index is -0.136. The maximum Gasteiger partial charge on any atom is 0.251 e. The highest BCUT2D eigenvalue weighted by Crippen LogP contribution is 2.23. The fraction of sp³-hybridized carbons (Fsp3) is 0.238. The maximum absolute atomic E-state index is 12.4. The molecule has 0 spiro atoms. The van der Waals surface area contributed by atoms with Crippen LogP contribution in [0, 0.1) is 0 Å². The molecule has 0 saturated heterocycles. The van der Waals surface area contributed by atoms with Crippen molar-refractivity contribution in [1.82, 2.24) is 10.2 Å². The molecule has 2 aromatic carbocycles. The van der Waals surface area contributed by atoms with Gasteiger partial charge >= 0.3 is 0 Å². The monoisotopic (exact) mass is 368 g/mol. The van der Waals surface area contributed by atoms with Crippen molar-refractivity contribution in [1.29, 1.82) is 0 Å². The van der Waals surface area contributed by atoms with Crippen molar-refractivity contribution in [3.8, 4) is 11.5 Å². The van der Waals surface area contributed by atoms with Crippen molar-refractivity contribution in [3.63, 3.8) is 0 Å². The van der Waals surface area contributed by atoms with E-state index in [2.05, 4.69) is 5.32 Å². The average Bonchev–Trinajstić information content (AvgIpc) is 2.71. The minimum Gasteiger partial charge on any atom is -0.497 e. The van der Waals surface area contributed by atoms with Gasteiger partial charge in [0.05, 0.1) is 14.2 Å². The molecular formula is C21H24N2O4. The van der Waals surface area contributed by atoms with Crippen LogP contribution in [0.4, 0.5) is 0 Å². The number of carbonyl (C=O) groups excluding carboxylic acids is 2. The third-order valence-corrected chi connectivity index (χ3v) is 4.03. The van der Waals surface area contributed by atoms with E-state index in [0.717, 1.165) is 11.1 Å². The summed E-state index contributed by atoms with van der Waals surface area (Å²) in [6.07, 6.45) is 3.23. The quantitative estimate of drug-likeness (QED) is 0.763. The van der Waals surface area contributed by atoms with Crippen molar-refractivity contribution >= 4 is 17.9 Å². The van der Waals surface area contributed by atoms with Gasteiger partial charge in [0.1, 0.15) is 11.5 Å². The highest BCUT2D eigenvalue weighted by atomic mass is 16.5. The predicted octanol–water partition coefficient (Wildman–Crippen LogP) is 2.74. The summed E-state index contributed by atoms with van der Waals surface area (Å²) in [5, 5.41) is 2.58. The van der Waals surface area contributed by atoms with E-state index in [1.54, 1.807) is 57.5 Å². The van der Waals surface area contributed by atoms with Gasteiger partial charge in [-0.15, -0.1) is 0 Å². The smallest absolute Gasteiger partial charge is 0.251 e. The van der Waals surface area contributed by atoms with Crippen molar-refractivity contribution in [2.45, 2.75) is 6.54 Å². The molecule has 0 radical (unpaired) electrons. The van der Waals surface area contributed by atoms with Gasteiger partial charge in [-0.2, -0.15) is 0 Å². The van der Waals surface area contributed by atoms with E-state index in [1.165, 1.54) is 6.08 Å². The third-order valence-electron chi connectivity index (χ3n) is 4.03. The second kappa shape index (κ2) is 9.43. The lowest BCUT2D eigenvalue weighted by Crippen LogP contribution is -2.24. The molecule has 1 N–H and O–H groups in total. The number of hydrogen-bond acceptors (Lipinski definition) is 4. The highest BCUT2D eigenvalue weighted by Gasteiger charge is 2.08. The summed E-state index contributed by atoms with van der Waals surface area (Å²) in [6.45, 7) is 0.443. The zero-order valence-corrected chi connectivity index (χ0v) is 16.0. The molecule has 0 saturated carbocycles. The Morgan fingerprint density at radius 3 is 2.15 bits per heavy atom. The Bertz CT molecular complexity index is 806. The van der Waals surface area contributed by atoms with Crippen LogP contribution in [0.15, 0.2) is 48.5 Å². The second-order valence-electron chi connectivity index (χ2n) is 5.95. The molecule has 2 amide bonds. The Morgan fingerprint density at radius 1 is 1.04 bits per heavy atom. The first-order chi connectivity index (χ1) is 13.0. The Balaban J connectivity index is 2.03. The van der Waals surface area contributed by atoms with E-state index in [-0.39, 0.29) is 11.8 Å². The van der Waals surface area contributed by atoms with Crippen molar-refractivity contribution in [2.75, 3.05) is 28.3 Å². The summed E-state index contributed by atoms with van der Waals surface area (Å²) < 4.78 is 10.5. The lowest BCUT2D eigenvalue weighted by Gasteiger charge is -2.15. The number of nitrogens with one attached hydrogen (secondary N) is 1. The number of ether oxygens (including phenoxy) is 2. The molecule has 0 heterocycles. The summed E-state index contributed by atoms with van der Waals surface area (Å²) in [4.78, 5) is 25.5. The largest absolute Gasteiger partial charge is 0.497 e. The van der Waals surface area contributed by atoms with Crippen LogP contribution < -0.4 is 14.8 Å². The van der Waals surface area contributed by atoms with Crippen LogP contribution in [0.5, 0.6) is 11.5 Å². The Labute approximate surface area is 159 Å². The maximum atomic E-state index is 12.4. The predicted molar refractivity (Wildman–Crippen MR) is 105 cm³/mol. The average molecular weight is 368 g/mol. The molecule has 0 aliphatic rings. The topological polar surface area (TPSA) is 67.9 Å². The molecule has 0 aliphatic heterocycles. The number of benzene rings is 2. The molecule has 6 heteroatoms. The van der Waals surface area contributed by atoms with Crippen LogP contribution in [0.25, 0.3) is 6.08 Å². The number of rotatable bonds is 7. The molecule has 142 valence electrons. The molecule has 0 aromatic heterocycles. The summed E-state index contributed by atoms with van der Waals surface area (Å²) in [7, 11) is 6.48. The second-order valence-corrected chi connectivity index (χ2v) is 5.95. The van der Waals surface area contributed by atoms with Crippen molar-refractivity contribution in [2.24, 2.45) is 0 Å². The van der Waals surface area contributed by atoms with Crippen LogP contribution in [-0.4, -0.2) is 45.0 Å². The first-order valence-electron chi connectivity index (χ1n) is 8.44. The Morgan fingerprint density at radius 2 is 1.63 bits per heavy atom. The molecule has 6 nitrogen and oxygen atoms in total. The fourth-order valence-electron chi connectivity index (χ4n) is 2.48. The number of methoxy groups -OCH3 is 2. The third kappa shape index (κ3) is 5.60. The van der Waals surface area contributed by atoms with Gasteiger partial charge in [-0.1, -0.05) is 12.1 Å². The van der Waals surface area contributed by atoms with Crippen molar-refractivity contribution < 1.29 is 19.1 Å². The molecule has 0 aliphatic carbocycles. The molecule has 0 bridgehead atoms. The first-order valence-corrected chi connectivity index (χ1v) is 8.44. The lowest BCUT2D eigenvalue weighted by atomic mass is 10.1. The molecule has 0 unspecified atom stereocenters. The van der Waals surface area contributed by atoms with Crippen LogP contribution >= 0.6 is 0 Å². The van der Waals surface area contributed by atoms with Gasteiger partial charge in [0.25, 0.3) is 5.91 Å². The standard InChI is InChI=1S/C21H24N2O4/c1-22-21(25)17-8-5-15(6-9-17)14-23(2)20(24)10-7-16-11-18(26-3)13-19(12-16)27-4/h5-13H,14H2,1-4H3,(H,22,25)/b10-7+. The fourth-order valence-corrected chi connectivity index (χ4v) is 2.48. The molecule has 2 aromatic rings. The van der Waals surface area contributed by atoms with Gasteiger partial charge in [-0.3, -0.25) is 9.59 Å². The lowest BCUT2D eigenvalue weighted by molar-refractivity contribution is -0.125. The van der Waals surface area contributed by atoms with E-state index < -0.39 is 0 Å². The molecule has 2 rings (SSSR count). The van der Waals surface area contributed by atoms with Gasteiger partial charge in [-0.25, -0.2) is 0 Å². The molecule has 0 fully saturated rings. The van der Waals surface area contributed by atoms with Gasteiger partial charge in [0.2, 0.25) is 5.91 Å². The van der Waals surface area contributed by atoms with E-state index >= 15 is 0 Å². The summed E-state index contributed by atoms with van der Waals surface area (Å²) in [5.41, 5.74) is 2.33. The van der Waals surface area contributed by atoms with Crippen LogP contribution in [0.1, 0.15) is 21.5 Å². The minimum absolute atomic E-state index is 0.132. The molecule has 0 atom stereocenters. The molecular weight excluding hydrogens is 344 g/mol. The molecule has 27 heavy (non-hydrogen) atoms. The number of hydrogen-bond donors (Lipinski definition) is 1. The number of likely N-dealkylation sites (N-methyl/N-ethyl adjacent to an activating group) is 1. The van der Waals surface area contributed by atoms with Gasteiger partial charge in [0, 0.05) is 38.3 Å². The number of amides is 2.